The fourth-order valence-corrected chi connectivity index (χ4v) is 3.30. The molecule has 0 radical (unpaired) electrons. The molecule has 1 aliphatic heterocycles. The maximum absolute atomic E-state index is 12.5. The maximum atomic E-state index is 12.5. The molecule has 2 heterocycles. The van der Waals surface area contributed by atoms with Crippen molar-refractivity contribution in [1.82, 2.24) is 10.3 Å². The zero-order valence-corrected chi connectivity index (χ0v) is 14.8. The quantitative estimate of drug-likeness (QED) is 0.840. The minimum Gasteiger partial charge on any atom is -0.477 e. The Bertz CT molecular complexity index is 801. The zero-order chi connectivity index (χ0) is 18.6. The van der Waals surface area contributed by atoms with Crippen LogP contribution in [-0.2, 0) is 10.2 Å². The third-order valence-corrected chi connectivity index (χ3v) is 4.99. The van der Waals surface area contributed by atoms with Gasteiger partial charge in [0.15, 0.2) is 0 Å². The number of carboxylic acids is 1. The third kappa shape index (κ3) is 4.03. The molecule has 136 valence electrons. The summed E-state index contributed by atoms with van der Waals surface area (Å²) in [6.07, 6.45) is 2.89. The Hall–Kier alpha value is -2.44. The van der Waals surface area contributed by atoms with Crippen molar-refractivity contribution in [2.24, 2.45) is 0 Å². The summed E-state index contributed by atoms with van der Waals surface area (Å²) in [6, 6.07) is 10.4. The summed E-state index contributed by atoms with van der Waals surface area (Å²) in [7, 11) is 0. The Balaban J connectivity index is 1.78. The largest absolute Gasteiger partial charge is 0.477 e. The lowest BCUT2D eigenvalue weighted by Gasteiger charge is -2.38. The molecule has 7 heteroatoms. The number of aromatic carboxylic acids is 1. The first-order valence-electron chi connectivity index (χ1n) is 8.31. The lowest BCUT2D eigenvalue weighted by Crippen LogP contribution is -2.44. The summed E-state index contributed by atoms with van der Waals surface area (Å²) in [5.41, 5.74) is 0.986. The Labute approximate surface area is 156 Å². The van der Waals surface area contributed by atoms with Crippen molar-refractivity contribution < 1.29 is 19.4 Å². The molecule has 2 N–H and O–H groups in total. The maximum Gasteiger partial charge on any atom is 0.354 e. The van der Waals surface area contributed by atoms with Gasteiger partial charge in [-0.15, -0.1) is 0 Å². The zero-order valence-electron chi connectivity index (χ0n) is 14.1. The topological polar surface area (TPSA) is 88.5 Å². The molecule has 0 bridgehead atoms. The van der Waals surface area contributed by atoms with E-state index in [0.29, 0.717) is 24.8 Å². The minimum atomic E-state index is -1.17. The van der Waals surface area contributed by atoms with Crippen LogP contribution in [0.3, 0.4) is 0 Å². The normalized spacial score (nSPS) is 16.0. The number of carbonyl (C=O) groups excluding carboxylic acids is 1. The molecule has 1 fully saturated rings. The SMILES string of the molecule is O=C(NCC1(c2ccc(Cl)cc2)CCOCC1)c1ccnc(C(=O)O)c1. The molecule has 1 saturated heterocycles. The van der Waals surface area contributed by atoms with Crippen molar-refractivity contribution in [3.63, 3.8) is 0 Å². The molecular weight excluding hydrogens is 356 g/mol. The molecule has 0 saturated carbocycles. The van der Waals surface area contributed by atoms with Gasteiger partial charge in [0.25, 0.3) is 5.91 Å². The Kier molecular flexibility index (Phi) is 5.54. The fraction of sp³-hybridized carbons (Fsp3) is 0.316. The number of carbonyl (C=O) groups is 2. The molecule has 2 aromatic rings. The number of nitrogens with zero attached hydrogens (tertiary/aromatic N) is 1. The number of benzene rings is 1. The number of hydrogen-bond donors (Lipinski definition) is 2. The third-order valence-electron chi connectivity index (χ3n) is 4.74. The lowest BCUT2D eigenvalue weighted by atomic mass is 9.74. The van der Waals surface area contributed by atoms with Crippen LogP contribution < -0.4 is 5.32 Å². The van der Waals surface area contributed by atoms with Crippen molar-refractivity contribution >= 4 is 23.5 Å². The Morgan fingerprint density at radius 1 is 1.19 bits per heavy atom. The highest BCUT2D eigenvalue weighted by Crippen LogP contribution is 2.35. The molecule has 0 atom stereocenters. The van der Waals surface area contributed by atoms with Gasteiger partial charge in [0.1, 0.15) is 5.69 Å². The van der Waals surface area contributed by atoms with Crippen LogP contribution >= 0.6 is 11.6 Å². The highest BCUT2D eigenvalue weighted by Gasteiger charge is 2.35. The summed E-state index contributed by atoms with van der Waals surface area (Å²) in [5.74, 6) is -1.49. The first-order valence-corrected chi connectivity index (χ1v) is 8.69. The number of amides is 1. The first-order chi connectivity index (χ1) is 12.5. The minimum absolute atomic E-state index is 0.156. The number of rotatable bonds is 5. The van der Waals surface area contributed by atoms with E-state index in [0.717, 1.165) is 18.4 Å². The highest BCUT2D eigenvalue weighted by molar-refractivity contribution is 6.30. The van der Waals surface area contributed by atoms with Crippen LogP contribution in [0.4, 0.5) is 0 Å². The summed E-state index contributed by atoms with van der Waals surface area (Å²) < 4.78 is 5.49. The molecule has 0 unspecified atom stereocenters. The van der Waals surface area contributed by atoms with Gasteiger partial charge in [-0.2, -0.15) is 0 Å². The second-order valence-electron chi connectivity index (χ2n) is 6.32. The summed E-state index contributed by atoms with van der Waals surface area (Å²) in [4.78, 5) is 27.3. The molecule has 6 nitrogen and oxygen atoms in total. The number of hydrogen-bond acceptors (Lipinski definition) is 4. The van der Waals surface area contributed by atoms with E-state index in [1.807, 2.05) is 24.3 Å². The standard InChI is InChI=1S/C19H19ClN2O4/c20-15-3-1-14(2-4-15)19(6-9-26-10-7-19)12-22-17(23)13-5-8-21-16(11-13)18(24)25/h1-5,8,11H,6-7,9-10,12H2,(H,22,23)(H,24,25). The molecule has 0 spiro atoms. The van der Waals surface area contributed by atoms with Crippen molar-refractivity contribution in [2.75, 3.05) is 19.8 Å². The molecule has 1 aromatic carbocycles. The van der Waals surface area contributed by atoms with E-state index in [2.05, 4.69) is 10.3 Å². The summed E-state index contributed by atoms with van der Waals surface area (Å²) >= 11 is 6.00. The molecular formula is C19H19ClN2O4. The predicted octanol–water partition coefficient (Wildman–Crippen LogP) is 2.91. The van der Waals surface area contributed by atoms with Crippen molar-refractivity contribution in [3.8, 4) is 0 Å². The van der Waals surface area contributed by atoms with Gasteiger partial charge in [-0.05, 0) is 42.7 Å². The molecule has 0 aliphatic carbocycles. The highest BCUT2D eigenvalue weighted by atomic mass is 35.5. The van der Waals surface area contributed by atoms with E-state index in [1.165, 1.54) is 18.3 Å². The van der Waals surface area contributed by atoms with Gasteiger partial charge in [-0.3, -0.25) is 4.79 Å². The van der Waals surface area contributed by atoms with Gasteiger partial charge in [-0.25, -0.2) is 9.78 Å². The first kappa shape index (κ1) is 18.4. The van der Waals surface area contributed by atoms with E-state index >= 15 is 0 Å². The number of nitrogens with one attached hydrogen (secondary N) is 1. The number of ether oxygens (including phenoxy) is 1. The Morgan fingerprint density at radius 3 is 2.54 bits per heavy atom. The van der Waals surface area contributed by atoms with Crippen molar-refractivity contribution in [3.05, 3.63) is 64.4 Å². The van der Waals surface area contributed by atoms with Crippen LogP contribution in [0.5, 0.6) is 0 Å². The van der Waals surface area contributed by atoms with Crippen LogP contribution in [0.1, 0.15) is 39.3 Å². The average molecular weight is 375 g/mol. The second kappa shape index (κ2) is 7.85. The monoisotopic (exact) mass is 374 g/mol. The van der Waals surface area contributed by atoms with Gasteiger partial charge in [0, 0.05) is 42.0 Å². The van der Waals surface area contributed by atoms with Crippen LogP contribution in [0.15, 0.2) is 42.6 Å². The Morgan fingerprint density at radius 2 is 1.88 bits per heavy atom. The van der Waals surface area contributed by atoms with E-state index in [-0.39, 0.29) is 22.6 Å². The number of aromatic nitrogens is 1. The van der Waals surface area contributed by atoms with E-state index in [9.17, 15) is 9.59 Å². The molecule has 1 aromatic heterocycles. The van der Waals surface area contributed by atoms with E-state index in [1.54, 1.807) is 0 Å². The number of carboxylic acid groups (broad SMARTS) is 1. The average Bonchev–Trinajstić information content (AvgIpc) is 2.67. The number of pyridine rings is 1. The predicted molar refractivity (Wildman–Crippen MR) is 96.7 cm³/mol. The van der Waals surface area contributed by atoms with Gasteiger partial charge in [0.05, 0.1) is 0 Å². The smallest absolute Gasteiger partial charge is 0.354 e. The molecule has 3 rings (SSSR count). The van der Waals surface area contributed by atoms with Crippen LogP contribution in [-0.4, -0.2) is 41.7 Å². The van der Waals surface area contributed by atoms with Crippen molar-refractivity contribution in [2.45, 2.75) is 18.3 Å². The van der Waals surface area contributed by atoms with Crippen LogP contribution in [0.25, 0.3) is 0 Å². The fourth-order valence-electron chi connectivity index (χ4n) is 3.17. The van der Waals surface area contributed by atoms with E-state index < -0.39 is 5.97 Å². The van der Waals surface area contributed by atoms with Gasteiger partial charge < -0.3 is 15.2 Å². The van der Waals surface area contributed by atoms with Gasteiger partial charge in [0.2, 0.25) is 0 Å². The van der Waals surface area contributed by atoms with Crippen LogP contribution in [0, 0.1) is 0 Å². The lowest BCUT2D eigenvalue weighted by molar-refractivity contribution is 0.0487. The van der Waals surface area contributed by atoms with Gasteiger partial charge >= 0.3 is 5.97 Å². The molecule has 1 aliphatic rings. The second-order valence-corrected chi connectivity index (χ2v) is 6.75. The van der Waals surface area contributed by atoms with E-state index in [4.69, 9.17) is 21.4 Å². The van der Waals surface area contributed by atoms with Gasteiger partial charge in [-0.1, -0.05) is 23.7 Å². The van der Waals surface area contributed by atoms with Crippen molar-refractivity contribution in [1.29, 1.82) is 0 Å². The van der Waals surface area contributed by atoms with Crippen LogP contribution in [0.2, 0.25) is 5.02 Å². The summed E-state index contributed by atoms with van der Waals surface area (Å²) in [5, 5.41) is 12.6. The summed E-state index contributed by atoms with van der Waals surface area (Å²) in [6.45, 7) is 1.68. The number of halogens is 1. The molecule has 1 amide bonds. The molecule has 26 heavy (non-hydrogen) atoms.